The Labute approximate surface area is 196 Å². The molecule has 4 atom stereocenters. The van der Waals surface area contributed by atoms with Crippen molar-refractivity contribution in [3.63, 3.8) is 0 Å². The fourth-order valence-corrected chi connectivity index (χ4v) is 5.16. The number of methoxy groups -OCH3 is 2. The molecule has 1 amide bonds. The second-order valence-corrected chi connectivity index (χ2v) is 8.90. The number of rotatable bonds is 5. The predicted octanol–water partition coefficient (Wildman–Crippen LogP) is 3.85. The van der Waals surface area contributed by atoms with E-state index < -0.39 is 24.2 Å². The quantitative estimate of drug-likeness (QED) is 0.719. The van der Waals surface area contributed by atoms with Crippen LogP contribution in [0.5, 0.6) is 17.2 Å². The van der Waals surface area contributed by atoms with Crippen LogP contribution in [0.15, 0.2) is 53.8 Å². The fourth-order valence-electron chi connectivity index (χ4n) is 5.16. The highest BCUT2D eigenvalue weighted by Crippen LogP contribution is 2.48. The monoisotopic (exact) mass is 467 g/mol. The average molecular weight is 467 g/mol. The second kappa shape index (κ2) is 8.66. The molecule has 0 aromatic heterocycles. The van der Waals surface area contributed by atoms with Crippen molar-refractivity contribution in [2.24, 2.45) is 5.92 Å². The highest BCUT2D eigenvalue weighted by molar-refractivity contribution is 6.11. The van der Waals surface area contributed by atoms with E-state index in [1.54, 1.807) is 36.3 Å². The van der Waals surface area contributed by atoms with Crippen LogP contribution >= 0.6 is 0 Å². The summed E-state index contributed by atoms with van der Waals surface area (Å²) in [6, 6.07) is 11.3. The first-order chi connectivity index (χ1) is 16.4. The Bertz CT molecular complexity index is 1160. The van der Waals surface area contributed by atoms with E-state index in [1.807, 2.05) is 12.1 Å². The number of alkyl halides is 1. The van der Waals surface area contributed by atoms with Gasteiger partial charge in [-0.1, -0.05) is 18.2 Å². The fraction of sp³-hybridized carbons (Fsp3) is 0.385. The number of amides is 1. The summed E-state index contributed by atoms with van der Waals surface area (Å²) in [4.78, 5) is 28.8. The molecule has 1 fully saturated rings. The number of aromatic hydroxyl groups is 1. The van der Waals surface area contributed by atoms with Gasteiger partial charge in [0.05, 0.1) is 31.8 Å². The van der Waals surface area contributed by atoms with Crippen LogP contribution in [0.1, 0.15) is 36.4 Å². The van der Waals surface area contributed by atoms with Gasteiger partial charge < -0.3 is 24.2 Å². The van der Waals surface area contributed by atoms with Gasteiger partial charge in [-0.15, -0.1) is 0 Å². The Morgan fingerprint density at radius 3 is 2.56 bits per heavy atom. The molecule has 0 saturated heterocycles. The number of nitrogens with zero attached hydrogens (tertiary/aromatic N) is 1. The molecule has 2 aliphatic heterocycles. The molecule has 2 aromatic rings. The van der Waals surface area contributed by atoms with Gasteiger partial charge in [0.2, 0.25) is 0 Å². The molecule has 2 aromatic carbocycles. The van der Waals surface area contributed by atoms with Gasteiger partial charge in [-0.25, -0.2) is 4.39 Å². The molecule has 0 spiro atoms. The Balaban J connectivity index is 1.57. The van der Waals surface area contributed by atoms with Gasteiger partial charge in [0.1, 0.15) is 18.0 Å². The summed E-state index contributed by atoms with van der Waals surface area (Å²) in [5.41, 5.74) is 1.70. The number of carbonyl (C=O) groups excluding carboxylic acids is 2. The van der Waals surface area contributed by atoms with Crippen molar-refractivity contribution in [3.05, 3.63) is 64.9 Å². The molecule has 1 aliphatic carbocycles. The summed E-state index contributed by atoms with van der Waals surface area (Å²) >= 11 is 0. The van der Waals surface area contributed by atoms with Crippen LogP contribution in [0.4, 0.5) is 4.39 Å². The Morgan fingerprint density at radius 2 is 1.85 bits per heavy atom. The molecular formula is C26H26FNO6. The summed E-state index contributed by atoms with van der Waals surface area (Å²) in [6.07, 6.45) is -0.732. The Hall–Kier alpha value is -3.55. The highest BCUT2D eigenvalue weighted by Gasteiger charge is 2.53. The summed E-state index contributed by atoms with van der Waals surface area (Å²) in [5.74, 6) is -0.311. The van der Waals surface area contributed by atoms with E-state index in [-0.39, 0.29) is 47.5 Å². The molecule has 5 rings (SSSR count). The van der Waals surface area contributed by atoms with Gasteiger partial charge >= 0.3 is 0 Å². The maximum Gasteiger partial charge on any atom is 0.290 e. The van der Waals surface area contributed by atoms with Crippen molar-refractivity contribution in [2.75, 3.05) is 14.2 Å². The van der Waals surface area contributed by atoms with Gasteiger partial charge in [0.15, 0.2) is 23.0 Å². The third-order valence-corrected chi connectivity index (χ3v) is 6.91. The van der Waals surface area contributed by atoms with Crippen molar-refractivity contribution in [3.8, 4) is 17.2 Å². The molecule has 0 bridgehead atoms. The van der Waals surface area contributed by atoms with Crippen LogP contribution in [0.25, 0.3) is 0 Å². The number of phenolic OH excluding ortho intramolecular Hbond substituents is 1. The molecule has 178 valence electrons. The third kappa shape index (κ3) is 3.67. The SMILES string of the molecule is COc1ccc(CN2C(=O)C3=C(C(=O)C4CC(F)CCC4O3)C2c2ccc(O)c(OC)c2)cc1. The molecule has 8 heteroatoms. The van der Waals surface area contributed by atoms with E-state index in [9.17, 15) is 19.1 Å². The first-order valence-corrected chi connectivity index (χ1v) is 11.3. The number of fused-ring (bicyclic) bond motifs is 1. The lowest BCUT2D eigenvalue weighted by Gasteiger charge is -2.36. The maximum absolute atomic E-state index is 14.2. The predicted molar refractivity (Wildman–Crippen MR) is 120 cm³/mol. The minimum atomic E-state index is -1.06. The zero-order valence-corrected chi connectivity index (χ0v) is 19.0. The van der Waals surface area contributed by atoms with E-state index >= 15 is 0 Å². The topological polar surface area (TPSA) is 85.3 Å². The number of hydrogen-bond acceptors (Lipinski definition) is 6. The Kier molecular flexibility index (Phi) is 5.67. The number of hydrogen-bond donors (Lipinski definition) is 1. The number of benzene rings is 2. The minimum Gasteiger partial charge on any atom is -0.504 e. The molecule has 2 heterocycles. The third-order valence-electron chi connectivity index (χ3n) is 6.91. The zero-order chi connectivity index (χ0) is 24.0. The zero-order valence-electron chi connectivity index (χ0n) is 19.0. The molecule has 7 nitrogen and oxygen atoms in total. The van der Waals surface area contributed by atoms with Gasteiger partial charge in [-0.3, -0.25) is 9.59 Å². The molecule has 34 heavy (non-hydrogen) atoms. The van der Waals surface area contributed by atoms with Gasteiger partial charge in [0, 0.05) is 6.54 Å². The lowest BCUT2D eigenvalue weighted by Crippen LogP contribution is -2.42. The molecule has 1 N–H and O–H groups in total. The van der Waals surface area contributed by atoms with Crippen molar-refractivity contribution >= 4 is 11.7 Å². The van der Waals surface area contributed by atoms with Crippen LogP contribution in [-0.4, -0.2) is 48.2 Å². The van der Waals surface area contributed by atoms with E-state index in [2.05, 4.69) is 0 Å². The first-order valence-electron chi connectivity index (χ1n) is 11.3. The number of halogens is 1. The van der Waals surface area contributed by atoms with Crippen LogP contribution in [0.2, 0.25) is 0 Å². The van der Waals surface area contributed by atoms with Crippen LogP contribution in [0, 0.1) is 5.92 Å². The Morgan fingerprint density at radius 1 is 1.09 bits per heavy atom. The van der Waals surface area contributed by atoms with E-state index in [1.165, 1.54) is 13.2 Å². The van der Waals surface area contributed by atoms with E-state index in [0.29, 0.717) is 24.2 Å². The number of ether oxygens (including phenoxy) is 3. The van der Waals surface area contributed by atoms with E-state index in [4.69, 9.17) is 14.2 Å². The number of Topliss-reactive ketones (excluding diaryl/α,β-unsaturated/α-hetero) is 1. The summed E-state index contributed by atoms with van der Waals surface area (Å²) in [7, 11) is 3.01. The lowest BCUT2D eigenvalue weighted by molar-refractivity contribution is -0.136. The molecule has 0 radical (unpaired) electrons. The molecule has 3 aliphatic rings. The normalized spacial score (nSPS) is 26.1. The standard InChI is InChI=1S/C26H26FNO6/c1-32-17-7-3-14(4-8-17)13-28-23(15-5-9-19(29)21(11-15)33-2)22-24(30)18-12-16(27)6-10-20(18)34-25(22)26(28)31/h3-5,7-9,11,16,18,20,23,29H,6,10,12-13H2,1-2H3. The molecule has 4 unspecified atom stereocenters. The smallest absolute Gasteiger partial charge is 0.290 e. The maximum atomic E-state index is 14.2. The first kappa shape index (κ1) is 22.3. The molecular weight excluding hydrogens is 441 g/mol. The highest BCUT2D eigenvalue weighted by atomic mass is 19.1. The lowest BCUT2D eigenvalue weighted by atomic mass is 9.77. The van der Waals surface area contributed by atoms with Crippen molar-refractivity contribution in [1.82, 2.24) is 4.90 Å². The molecule has 1 saturated carbocycles. The summed E-state index contributed by atoms with van der Waals surface area (Å²) in [6.45, 7) is 0.224. The number of phenols is 1. The second-order valence-electron chi connectivity index (χ2n) is 8.90. The summed E-state index contributed by atoms with van der Waals surface area (Å²) in [5, 5.41) is 10.1. The average Bonchev–Trinajstić information content (AvgIpc) is 3.12. The van der Waals surface area contributed by atoms with Crippen LogP contribution in [0.3, 0.4) is 0 Å². The van der Waals surface area contributed by atoms with Crippen molar-refractivity contribution in [2.45, 2.75) is 44.1 Å². The summed E-state index contributed by atoms with van der Waals surface area (Å²) < 4.78 is 30.7. The number of ketones is 1. The van der Waals surface area contributed by atoms with E-state index in [0.717, 1.165) is 5.56 Å². The van der Waals surface area contributed by atoms with Crippen molar-refractivity contribution in [1.29, 1.82) is 0 Å². The van der Waals surface area contributed by atoms with Gasteiger partial charge in [-0.05, 0) is 54.7 Å². The van der Waals surface area contributed by atoms with Crippen molar-refractivity contribution < 1.29 is 33.3 Å². The number of carbonyl (C=O) groups is 2. The van der Waals surface area contributed by atoms with Crippen LogP contribution < -0.4 is 9.47 Å². The largest absolute Gasteiger partial charge is 0.504 e. The minimum absolute atomic E-state index is 0.0501. The van der Waals surface area contributed by atoms with Crippen LogP contribution in [-0.2, 0) is 20.9 Å². The van der Waals surface area contributed by atoms with Gasteiger partial charge in [-0.2, -0.15) is 0 Å². The van der Waals surface area contributed by atoms with Gasteiger partial charge in [0.25, 0.3) is 5.91 Å².